The molecule has 0 spiro atoms. The summed E-state index contributed by atoms with van der Waals surface area (Å²) in [6, 6.07) is 25.4. The van der Waals surface area contributed by atoms with E-state index in [0.717, 1.165) is 29.5 Å². The highest BCUT2D eigenvalue weighted by Gasteiger charge is 2.30. The van der Waals surface area contributed by atoms with Gasteiger partial charge in [0.1, 0.15) is 0 Å². The Balaban J connectivity index is 1.79. The summed E-state index contributed by atoms with van der Waals surface area (Å²) in [5, 5.41) is 2.93. The number of aryl methyl sites for hydroxylation is 1. The van der Waals surface area contributed by atoms with Crippen molar-refractivity contribution < 1.29 is 14.3 Å². The van der Waals surface area contributed by atoms with Crippen molar-refractivity contribution in [2.75, 3.05) is 7.11 Å². The Morgan fingerprint density at radius 2 is 1.42 bits per heavy atom. The Bertz CT molecular complexity index is 995. The minimum Gasteiger partial charge on any atom is -0.468 e. The average molecular weight is 416 g/mol. The van der Waals surface area contributed by atoms with E-state index in [-0.39, 0.29) is 11.9 Å². The van der Waals surface area contributed by atoms with Gasteiger partial charge in [-0.15, -0.1) is 0 Å². The van der Waals surface area contributed by atoms with Gasteiger partial charge in [-0.25, -0.2) is 0 Å². The molecule has 0 fully saturated rings. The number of benzene rings is 3. The van der Waals surface area contributed by atoms with Crippen LogP contribution in [-0.4, -0.2) is 19.0 Å². The van der Waals surface area contributed by atoms with E-state index in [1.165, 1.54) is 12.7 Å². The van der Waals surface area contributed by atoms with Crippen molar-refractivity contribution in [2.24, 2.45) is 0 Å². The van der Waals surface area contributed by atoms with Crippen molar-refractivity contribution in [1.29, 1.82) is 0 Å². The van der Waals surface area contributed by atoms with E-state index in [4.69, 9.17) is 4.74 Å². The Morgan fingerprint density at radius 3 is 1.97 bits per heavy atom. The molecule has 3 aromatic carbocycles. The fraction of sp³-hybridized carbons (Fsp3) is 0.259. The van der Waals surface area contributed by atoms with Gasteiger partial charge in [-0.05, 0) is 41.2 Å². The second-order valence-electron chi connectivity index (χ2n) is 7.67. The van der Waals surface area contributed by atoms with E-state index in [2.05, 4.69) is 36.5 Å². The number of hydrogen-bond acceptors (Lipinski definition) is 3. The molecule has 31 heavy (non-hydrogen) atoms. The number of carbonyl (C=O) groups excluding carboxylic acids is 2. The summed E-state index contributed by atoms with van der Waals surface area (Å²) < 4.78 is 4.93. The quantitative estimate of drug-likeness (QED) is 0.394. The number of methoxy groups -OCH3 is 1. The Labute approximate surface area is 184 Å². The van der Waals surface area contributed by atoms with Crippen LogP contribution in [-0.2, 0) is 20.7 Å². The van der Waals surface area contributed by atoms with Crippen LogP contribution >= 0.6 is 0 Å². The van der Waals surface area contributed by atoms with Crippen molar-refractivity contribution in [1.82, 2.24) is 5.32 Å². The summed E-state index contributed by atoms with van der Waals surface area (Å²) in [4.78, 5) is 25.4. The van der Waals surface area contributed by atoms with Crippen LogP contribution in [0, 0.1) is 0 Å². The first-order valence-corrected chi connectivity index (χ1v) is 10.7. The van der Waals surface area contributed by atoms with Gasteiger partial charge >= 0.3 is 5.97 Å². The number of hydrogen-bond donors (Lipinski definition) is 1. The molecule has 0 radical (unpaired) electrons. The Morgan fingerprint density at radius 1 is 0.839 bits per heavy atom. The summed E-state index contributed by atoms with van der Waals surface area (Å²) in [7, 11) is 1.30. The topological polar surface area (TPSA) is 55.4 Å². The molecule has 4 heteroatoms. The summed E-state index contributed by atoms with van der Waals surface area (Å²) in [5.74, 6) is -1.97. The third-order valence-electron chi connectivity index (χ3n) is 5.43. The SMILES string of the molecule is CCCc1ccc(-c2ccc(C(C(=O)N[C@H](C)c3ccccc3)C(=O)OC)cc2)cc1. The Kier molecular flexibility index (Phi) is 7.60. The van der Waals surface area contributed by atoms with Crippen LogP contribution in [0.5, 0.6) is 0 Å². The molecule has 0 aliphatic carbocycles. The Hall–Kier alpha value is -3.40. The lowest BCUT2D eigenvalue weighted by Gasteiger charge is -2.19. The van der Waals surface area contributed by atoms with Crippen molar-refractivity contribution in [3.63, 3.8) is 0 Å². The minimum absolute atomic E-state index is 0.221. The van der Waals surface area contributed by atoms with E-state index < -0.39 is 11.9 Å². The number of carbonyl (C=O) groups is 2. The zero-order valence-electron chi connectivity index (χ0n) is 18.3. The molecule has 4 nitrogen and oxygen atoms in total. The molecule has 1 unspecified atom stereocenters. The number of amides is 1. The predicted octanol–water partition coefficient (Wildman–Crippen LogP) is 5.44. The van der Waals surface area contributed by atoms with Crippen molar-refractivity contribution >= 4 is 11.9 Å². The maximum absolute atomic E-state index is 13.0. The molecule has 3 aromatic rings. The van der Waals surface area contributed by atoms with Gasteiger partial charge in [-0.2, -0.15) is 0 Å². The third kappa shape index (κ3) is 5.60. The molecule has 1 amide bonds. The maximum Gasteiger partial charge on any atom is 0.322 e. The molecule has 0 saturated carbocycles. The van der Waals surface area contributed by atoms with Crippen LogP contribution in [0.4, 0.5) is 0 Å². The lowest BCUT2D eigenvalue weighted by molar-refractivity contribution is -0.146. The van der Waals surface area contributed by atoms with Gasteiger partial charge in [-0.1, -0.05) is 92.2 Å². The van der Waals surface area contributed by atoms with Gasteiger partial charge < -0.3 is 10.1 Å². The fourth-order valence-electron chi connectivity index (χ4n) is 3.65. The first-order chi connectivity index (χ1) is 15.0. The number of nitrogens with one attached hydrogen (secondary N) is 1. The smallest absolute Gasteiger partial charge is 0.322 e. The van der Waals surface area contributed by atoms with Gasteiger partial charge in [0.2, 0.25) is 5.91 Å². The summed E-state index contributed by atoms with van der Waals surface area (Å²) in [6.07, 6.45) is 2.18. The third-order valence-corrected chi connectivity index (χ3v) is 5.43. The molecule has 0 bridgehead atoms. The van der Waals surface area contributed by atoms with E-state index in [9.17, 15) is 9.59 Å². The van der Waals surface area contributed by atoms with Crippen LogP contribution in [0.1, 0.15) is 48.9 Å². The number of esters is 1. The minimum atomic E-state index is -1.02. The molecule has 2 atom stereocenters. The maximum atomic E-state index is 13.0. The van der Waals surface area contributed by atoms with Crippen molar-refractivity contribution in [3.05, 3.63) is 95.6 Å². The van der Waals surface area contributed by atoms with E-state index in [1.807, 2.05) is 61.5 Å². The molecule has 0 aliphatic heterocycles. The van der Waals surface area contributed by atoms with Gasteiger partial charge in [0.25, 0.3) is 0 Å². The molecule has 160 valence electrons. The molecule has 3 rings (SSSR count). The molecule has 1 N–H and O–H groups in total. The summed E-state index contributed by atoms with van der Waals surface area (Å²) >= 11 is 0. The zero-order valence-corrected chi connectivity index (χ0v) is 18.3. The van der Waals surface area contributed by atoms with Gasteiger partial charge in [-0.3, -0.25) is 9.59 Å². The van der Waals surface area contributed by atoms with Crippen molar-refractivity contribution in [3.8, 4) is 11.1 Å². The highest BCUT2D eigenvalue weighted by molar-refractivity contribution is 6.03. The molecule has 0 heterocycles. The van der Waals surface area contributed by atoms with E-state index in [0.29, 0.717) is 5.56 Å². The summed E-state index contributed by atoms with van der Waals surface area (Å²) in [6.45, 7) is 4.06. The fourth-order valence-corrected chi connectivity index (χ4v) is 3.65. The van der Waals surface area contributed by atoms with E-state index >= 15 is 0 Å². The monoisotopic (exact) mass is 415 g/mol. The number of ether oxygens (including phenoxy) is 1. The second-order valence-corrected chi connectivity index (χ2v) is 7.67. The molecule has 0 saturated heterocycles. The second kappa shape index (κ2) is 10.6. The van der Waals surface area contributed by atoms with Crippen LogP contribution in [0.25, 0.3) is 11.1 Å². The lowest BCUT2D eigenvalue weighted by Crippen LogP contribution is -2.36. The highest BCUT2D eigenvalue weighted by Crippen LogP contribution is 2.25. The number of rotatable bonds is 8. The predicted molar refractivity (Wildman–Crippen MR) is 124 cm³/mol. The summed E-state index contributed by atoms with van der Waals surface area (Å²) in [5.41, 5.74) is 5.03. The normalized spacial score (nSPS) is 12.6. The first kappa shape index (κ1) is 22.3. The molecular weight excluding hydrogens is 386 g/mol. The molecular formula is C27H29NO3. The van der Waals surface area contributed by atoms with Crippen molar-refractivity contribution in [2.45, 2.75) is 38.6 Å². The molecule has 0 aromatic heterocycles. The van der Waals surface area contributed by atoms with Crippen LogP contribution in [0.3, 0.4) is 0 Å². The van der Waals surface area contributed by atoms with E-state index in [1.54, 1.807) is 0 Å². The lowest BCUT2D eigenvalue weighted by atomic mass is 9.94. The van der Waals surface area contributed by atoms with Gasteiger partial charge in [0.15, 0.2) is 5.92 Å². The average Bonchev–Trinajstić information content (AvgIpc) is 2.81. The molecule has 0 aliphatic rings. The van der Waals surface area contributed by atoms with Crippen LogP contribution < -0.4 is 5.32 Å². The van der Waals surface area contributed by atoms with Gasteiger partial charge in [0, 0.05) is 0 Å². The standard InChI is InChI=1S/C27H29NO3/c1-4-8-20-11-13-22(14-12-20)23-15-17-24(18-16-23)25(27(30)31-3)26(29)28-19(2)21-9-6-5-7-10-21/h5-7,9-19,25H,4,8H2,1-3H3,(H,28,29)/t19-,25?/m1/s1. The van der Waals surface area contributed by atoms with Crippen LogP contribution in [0.2, 0.25) is 0 Å². The van der Waals surface area contributed by atoms with Gasteiger partial charge in [0.05, 0.1) is 13.2 Å². The van der Waals surface area contributed by atoms with Crippen LogP contribution in [0.15, 0.2) is 78.9 Å². The largest absolute Gasteiger partial charge is 0.468 e. The highest BCUT2D eigenvalue weighted by atomic mass is 16.5. The first-order valence-electron chi connectivity index (χ1n) is 10.7. The zero-order chi connectivity index (χ0) is 22.2.